The summed E-state index contributed by atoms with van der Waals surface area (Å²) in [4.78, 5) is 26.7. The summed E-state index contributed by atoms with van der Waals surface area (Å²) in [6.45, 7) is 6.01. The van der Waals surface area contributed by atoms with Crippen LogP contribution in [-0.4, -0.2) is 80.2 Å². The van der Waals surface area contributed by atoms with E-state index in [0.29, 0.717) is 67.3 Å². The molecule has 0 bridgehead atoms. The monoisotopic (exact) mass is 620 g/mol. The number of benzene rings is 2. The third-order valence-electron chi connectivity index (χ3n) is 9.15. The van der Waals surface area contributed by atoms with E-state index in [0.717, 1.165) is 24.3 Å². The summed E-state index contributed by atoms with van der Waals surface area (Å²) >= 11 is 0. The van der Waals surface area contributed by atoms with Gasteiger partial charge in [0.25, 0.3) is 0 Å². The zero-order valence-corrected chi connectivity index (χ0v) is 26.3. The van der Waals surface area contributed by atoms with E-state index < -0.39 is 15.6 Å². The quantitative estimate of drug-likeness (QED) is 0.403. The molecule has 1 unspecified atom stereocenters. The average Bonchev–Trinajstić information content (AvgIpc) is 3.35. The lowest BCUT2D eigenvalue weighted by Gasteiger charge is -2.43. The molecule has 0 radical (unpaired) electrons. The number of anilines is 2. The van der Waals surface area contributed by atoms with Crippen molar-refractivity contribution in [2.75, 3.05) is 49.8 Å². The van der Waals surface area contributed by atoms with E-state index in [-0.39, 0.29) is 24.6 Å². The van der Waals surface area contributed by atoms with Gasteiger partial charge in [-0.05, 0) is 81.0 Å². The predicted molar refractivity (Wildman–Crippen MR) is 168 cm³/mol. The normalized spacial score (nSPS) is 20.5. The Kier molecular flexibility index (Phi) is 8.38. The number of para-hydroxylation sites is 1. The molecule has 4 heterocycles. The summed E-state index contributed by atoms with van der Waals surface area (Å²) in [5.41, 5.74) is 1.77. The summed E-state index contributed by atoms with van der Waals surface area (Å²) in [5.74, 6) is 1.44. The standard InChI is InChI=1S/C32H40N6O5S/c1-23-19-27(42-3)20-24(2)29(23)44(40,41)38-16-8-7-11-26(38)21-43-31-33-15-12-28(35-31)36-17-13-32(14-18-36)30(39)34-22-37(32)25-9-5-4-6-10-25/h4-6,9-10,12,15,19-20,26H,7-8,11,13-14,16-18,21-22H2,1-3H3,(H,34,39). The molecule has 3 saturated heterocycles. The molecule has 3 aliphatic rings. The summed E-state index contributed by atoms with van der Waals surface area (Å²) < 4.78 is 40.8. The Bertz CT molecular complexity index is 1590. The smallest absolute Gasteiger partial charge is 0.318 e. The second-order valence-electron chi connectivity index (χ2n) is 11.8. The lowest BCUT2D eigenvalue weighted by Crippen LogP contribution is -2.56. The molecule has 234 valence electrons. The predicted octanol–water partition coefficient (Wildman–Crippen LogP) is 3.66. The number of carbonyl (C=O) groups is 1. The summed E-state index contributed by atoms with van der Waals surface area (Å²) in [6.07, 6.45) is 5.40. The Morgan fingerprint density at radius 3 is 2.45 bits per heavy atom. The molecular weight excluding hydrogens is 580 g/mol. The number of nitrogens with zero attached hydrogens (tertiary/aromatic N) is 5. The molecule has 3 fully saturated rings. The summed E-state index contributed by atoms with van der Waals surface area (Å²) in [6, 6.07) is 15.3. The molecule has 3 aromatic rings. The minimum absolute atomic E-state index is 0.0692. The van der Waals surface area contributed by atoms with Gasteiger partial charge in [0.2, 0.25) is 15.9 Å². The maximum atomic E-state index is 13.9. The van der Waals surface area contributed by atoms with Gasteiger partial charge in [-0.15, -0.1) is 0 Å². The fraction of sp³-hybridized carbons (Fsp3) is 0.469. The van der Waals surface area contributed by atoms with Gasteiger partial charge in [-0.3, -0.25) is 4.79 Å². The zero-order chi connectivity index (χ0) is 30.9. The van der Waals surface area contributed by atoms with Gasteiger partial charge in [0.05, 0.1) is 24.7 Å². The van der Waals surface area contributed by atoms with Crippen LogP contribution in [-0.2, 0) is 14.8 Å². The number of rotatable bonds is 8. The van der Waals surface area contributed by atoms with Gasteiger partial charge in [0.1, 0.15) is 23.7 Å². The molecule has 44 heavy (non-hydrogen) atoms. The number of piperidine rings is 2. The largest absolute Gasteiger partial charge is 0.497 e. The van der Waals surface area contributed by atoms with Gasteiger partial charge >= 0.3 is 6.01 Å². The molecule has 6 rings (SSSR count). The third-order valence-corrected chi connectivity index (χ3v) is 11.4. The zero-order valence-electron chi connectivity index (χ0n) is 25.5. The maximum absolute atomic E-state index is 13.9. The molecule has 1 aromatic heterocycles. The molecule has 12 heteroatoms. The van der Waals surface area contributed by atoms with Crippen molar-refractivity contribution in [2.45, 2.75) is 62.4 Å². The van der Waals surface area contributed by atoms with Crippen LogP contribution in [0.25, 0.3) is 0 Å². The number of carbonyl (C=O) groups excluding carboxylic acids is 1. The SMILES string of the molecule is COc1cc(C)c(S(=O)(=O)N2CCCCC2COc2nccc(N3CCC4(CC3)C(=O)NCN4c3ccccc3)n2)c(C)c1. The first kappa shape index (κ1) is 30.1. The first-order chi connectivity index (χ1) is 21.2. The summed E-state index contributed by atoms with van der Waals surface area (Å²) in [5, 5.41) is 3.05. The Morgan fingerprint density at radius 2 is 1.75 bits per heavy atom. The number of methoxy groups -OCH3 is 1. The van der Waals surface area contributed by atoms with Gasteiger partial charge in [-0.2, -0.15) is 9.29 Å². The highest BCUT2D eigenvalue weighted by Crippen LogP contribution is 2.37. The fourth-order valence-electron chi connectivity index (χ4n) is 6.90. The van der Waals surface area contributed by atoms with Crippen LogP contribution >= 0.6 is 0 Å². The van der Waals surface area contributed by atoms with E-state index in [1.54, 1.807) is 43.6 Å². The first-order valence-corrected chi connectivity index (χ1v) is 16.7. The molecule has 11 nitrogen and oxygen atoms in total. The van der Waals surface area contributed by atoms with Crippen LogP contribution in [0, 0.1) is 13.8 Å². The number of hydrogen-bond donors (Lipinski definition) is 1. The molecule has 0 saturated carbocycles. The lowest BCUT2D eigenvalue weighted by atomic mass is 9.85. The third kappa shape index (κ3) is 5.56. The number of amides is 1. The number of aryl methyl sites for hydroxylation is 2. The lowest BCUT2D eigenvalue weighted by molar-refractivity contribution is -0.124. The van der Waals surface area contributed by atoms with E-state index in [2.05, 4.69) is 25.1 Å². The Labute approximate surface area is 259 Å². The second kappa shape index (κ2) is 12.2. The molecule has 1 amide bonds. The van der Waals surface area contributed by atoms with Crippen LogP contribution in [0.5, 0.6) is 11.8 Å². The van der Waals surface area contributed by atoms with Crippen molar-refractivity contribution >= 4 is 27.4 Å². The van der Waals surface area contributed by atoms with Gasteiger partial charge in [0, 0.05) is 31.5 Å². The average molecular weight is 621 g/mol. The van der Waals surface area contributed by atoms with Gasteiger partial charge in [0.15, 0.2) is 0 Å². The molecule has 1 N–H and O–H groups in total. The maximum Gasteiger partial charge on any atom is 0.318 e. The molecule has 3 aliphatic heterocycles. The molecule has 1 atom stereocenters. The minimum atomic E-state index is -3.76. The van der Waals surface area contributed by atoms with Crippen LogP contribution in [0.4, 0.5) is 11.5 Å². The number of nitrogens with one attached hydrogen (secondary N) is 1. The Morgan fingerprint density at radius 1 is 1.02 bits per heavy atom. The van der Waals surface area contributed by atoms with Crippen molar-refractivity contribution in [3.63, 3.8) is 0 Å². The molecule has 2 aromatic carbocycles. The Hall–Kier alpha value is -3.90. The number of aromatic nitrogens is 2. The fourth-order valence-corrected chi connectivity index (χ4v) is 8.99. The number of sulfonamides is 1. The van der Waals surface area contributed by atoms with Crippen LogP contribution in [0.3, 0.4) is 0 Å². The van der Waals surface area contributed by atoms with Crippen LogP contribution in [0.15, 0.2) is 59.6 Å². The van der Waals surface area contributed by atoms with E-state index in [1.807, 2.05) is 36.4 Å². The van der Waals surface area contributed by atoms with E-state index in [4.69, 9.17) is 9.47 Å². The first-order valence-electron chi connectivity index (χ1n) is 15.2. The minimum Gasteiger partial charge on any atom is -0.497 e. The Balaban J connectivity index is 1.13. The molecule has 1 spiro atoms. The van der Waals surface area contributed by atoms with Crippen molar-refractivity contribution in [3.8, 4) is 11.8 Å². The van der Waals surface area contributed by atoms with E-state index in [9.17, 15) is 13.2 Å². The van der Waals surface area contributed by atoms with Crippen molar-refractivity contribution in [3.05, 3.63) is 65.9 Å². The second-order valence-corrected chi connectivity index (χ2v) is 13.6. The van der Waals surface area contributed by atoms with Crippen LogP contribution in [0.1, 0.15) is 43.2 Å². The van der Waals surface area contributed by atoms with Gasteiger partial charge in [-0.25, -0.2) is 13.4 Å². The highest BCUT2D eigenvalue weighted by atomic mass is 32.2. The van der Waals surface area contributed by atoms with E-state index >= 15 is 0 Å². The topological polar surface area (TPSA) is 117 Å². The summed E-state index contributed by atoms with van der Waals surface area (Å²) in [7, 11) is -2.18. The van der Waals surface area contributed by atoms with Crippen LogP contribution < -0.4 is 24.6 Å². The highest BCUT2D eigenvalue weighted by Gasteiger charge is 2.50. The number of hydrogen-bond acceptors (Lipinski definition) is 9. The molecule has 0 aliphatic carbocycles. The van der Waals surface area contributed by atoms with Crippen molar-refractivity contribution in [2.24, 2.45) is 0 Å². The van der Waals surface area contributed by atoms with Crippen molar-refractivity contribution in [1.29, 1.82) is 0 Å². The van der Waals surface area contributed by atoms with Gasteiger partial charge in [-0.1, -0.05) is 24.6 Å². The number of ether oxygens (including phenoxy) is 2. The van der Waals surface area contributed by atoms with Crippen molar-refractivity contribution < 1.29 is 22.7 Å². The van der Waals surface area contributed by atoms with Crippen LogP contribution in [0.2, 0.25) is 0 Å². The molecular formula is C32H40N6O5S. The van der Waals surface area contributed by atoms with E-state index in [1.165, 1.54) is 0 Å². The highest BCUT2D eigenvalue weighted by molar-refractivity contribution is 7.89. The van der Waals surface area contributed by atoms with Crippen molar-refractivity contribution in [1.82, 2.24) is 19.6 Å². The van der Waals surface area contributed by atoms with Gasteiger partial charge < -0.3 is 24.6 Å².